The molecular formula is C15H24N2. The molecule has 0 saturated heterocycles. The Morgan fingerprint density at radius 3 is 2.94 bits per heavy atom. The van der Waals surface area contributed by atoms with Crippen molar-refractivity contribution in [3.05, 3.63) is 29.8 Å². The molecule has 1 aromatic rings. The smallest absolute Gasteiger partial charge is 0.0523 e. The summed E-state index contributed by atoms with van der Waals surface area (Å²) in [5.41, 5.74) is 8.70. The molecule has 2 rings (SSSR count). The van der Waals surface area contributed by atoms with E-state index >= 15 is 0 Å². The lowest BCUT2D eigenvalue weighted by Gasteiger charge is -2.36. The lowest BCUT2D eigenvalue weighted by atomic mass is 9.84. The minimum atomic E-state index is 0.128. The fourth-order valence-electron chi connectivity index (χ4n) is 3.23. The van der Waals surface area contributed by atoms with Gasteiger partial charge in [0.15, 0.2) is 0 Å². The third kappa shape index (κ3) is 2.47. The number of anilines is 1. The Hall–Kier alpha value is -1.02. The fraction of sp³-hybridized carbons (Fsp3) is 0.600. The van der Waals surface area contributed by atoms with E-state index in [0.717, 1.165) is 6.54 Å². The van der Waals surface area contributed by atoms with E-state index < -0.39 is 0 Å². The van der Waals surface area contributed by atoms with Gasteiger partial charge in [0.1, 0.15) is 0 Å². The van der Waals surface area contributed by atoms with Crippen molar-refractivity contribution < 1.29 is 0 Å². The zero-order valence-electron chi connectivity index (χ0n) is 11.0. The van der Waals surface area contributed by atoms with Crippen molar-refractivity contribution >= 4 is 5.69 Å². The summed E-state index contributed by atoms with van der Waals surface area (Å²) in [4.78, 5) is 0. The Balaban J connectivity index is 2.19. The molecule has 1 saturated carbocycles. The van der Waals surface area contributed by atoms with E-state index in [-0.39, 0.29) is 5.54 Å². The Morgan fingerprint density at radius 2 is 2.29 bits per heavy atom. The van der Waals surface area contributed by atoms with E-state index in [4.69, 9.17) is 5.73 Å². The molecule has 2 unspecified atom stereocenters. The number of benzene rings is 1. The van der Waals surface area contributed by atoms with Crippen molar-refractivity contribution in [3.8, 4) is 0 Å². The Morgan fingerprint density at radius 1 is 1.47 bits per heavy atom. The molecule has 1 aliphatic rings. The van der Waals surface area contributed by atoms with Gasteiger partial charge >= 0.3 is 0 Å². The maximum atomic E-state index is 6.06. The summed E-state index contributed by atoms with van der Waals surface area (Å²) >= 11 is 0. The van der Waals surface area contributed by atoms with Crippen LogP contribution in [0.2, 0.25) is 0 Å². The van der Waals surface area contributed by atoms with Crippen LogP contribution in [0.25, 0.3) is 0 Å². The zero-order chi connectivity index (χ0) is 12.3. The predicted molar refractivity (Wildman–Crippen MR) is 74.2 cm³/mol. The van der Waals surface area contributed by atoms with Crippen molar-refractivity contribution in [2.45, 2.75) is 45.1 Å². The third-order valence-electron chi connectivity index (χ3n) is 4.23. The van der Waals surface area contributed by atoms with E-state index in [1.54, 1.807) is 0 Å². The van der Waals surface area contributed by atoms with Gasteiger partial charge in [-0.1, -0.05) is 31.9 Å². The van der Waals surface area contributed by atoms with E-state index in [9.17, 15) is 0 Å². The first kappa shape index (κ1) is 12.4. The minimum absolute atomic E-state index is 0.128. The van der Waals surface area contributed by atoms with E-state index in [0.29, 0.717) is 5.92 Å². The van der Waals surface area contributed by atoms with Crippen LogP contribution >= 0.6 is 0 Å². The molecule has 1 aliphatic carbocycles. The van der Waals surface area contributed by atoms with Gasteiger partial charge in [-0.2, -0.15) is 0 Å². The van der Waals surface area contributed by atoms with E-state index in [2.05, 4.69) is 43.4 Å². The highest BCUT2D eigenvalue weighted by atomic mass is 15.0. The third-order valence-corrected chi connectivity index (χ3v) is 4.23. The summed E-state index contributed by atoms with van der Waals surface area (Å²) in [5, 5.41) is 3.72. The van der Waals surface area contributed by atoms with Gasteiger partial charge in [0, 0.05) is 12.2 Å². The van der Waals surface area contributed by atoms with Crippen LogP contribution in [-0.4, -0.2) is 12.1 Å². The van der Waals surface area contributed by atoms with Crippen LogP contribution in [0, 0.1) is 12.8 Å². The Labute approximate surface area is 105 Å². The highest BCUT2D eigenvalue weighted by Crippen LogP contribution is 2.39. The number of nitrogens with one attached hydrogen (secondary N) is 1. The first-order valence-electron chi connectivity index (χ1n) is 6.75. The summed E-state index contributed by atoms with van der Waals surface area (Å²) in [6.45, 7) is 5.14. The molecule has 1 fully saturated rings. The van der Waals surface area contributed by atoms with Crippen molar-refractivity contribution in [1.29, 1.82) is 0 Å². The molecule has 1 aromatic carbocycles. The van der Waals surface area contributed by atoms with Gasteiger partial charge in [-0.3, -0.25) is 0 Å². The molecule has 2 atom stereocenters. The second-order valence-corrected chi connectivity index (χ2v) is 5.35. The number of rotatable bonds is 4. The summed E-state index contributed by atoms with van der Waals surface area (Å²) in [6.07, 6.45) is 5.03. The van der Waals surface area contributed by atoms with Crippen LogP contribution in [0.15, 0.2) is 24.3 Å². The number of nitrogens with two attached hydrogens (primary N) is 1. The zero-order valence-corrected chi connectivity index (χ0v) is 11.0. The van der Waals surface area contributed by atoms with Crippen LogP contribution in [0.1, 0.15) is 38.2 Å². The van der Waals surface area contributed by atoms with E-state index in [1.165, 1.54) is 36.9 Å². The van der Waals surface area contributed by atoms with Crippen LogP contribution in [0.4, 0.5) is 5.69 Å². The molecule has 0 radical (unpaired) electrons. The lowest BCUT2D eigenvalue weighted by Crippen LogP contribution is -2.48. The molecule has 0 spiro atoms. The van der Waals surface area contributed by atoms with Gasteiger partial charge in [-0.25, -0.2) is 0 Å². The topological polar surface area (TPSA) is 38.0 Å². The van der Waals surface area contributed by atoms with Gasteiger partial charge in [-0.05, 0) is 43.4 Å². The average Bonchev–Trinajstić information content (AvgIpc) is 2.72. The normalized spacial score (nSPS) is 28.3. The van der Waals surface area contributed by atoms with Crippen LogP contribution in [-0.2, 0) is 0 Å². The molecule has 0 bridgehead atoms. The maximum absolute atomic E-state index is 6.06. The van der Waals surface area contributed by atoms with Crippen molar-refractivity contribution in [3.63, 3.8) is 0 Å². The highest BCUT2D eigenvalue weighted by molar-refractivity contribution is 5.48. The summed E-state index contributed by atoms with van der Waals surface area (Å²) in [6, 6.07) is 8.60. The number of aryl methyl sites for hydroxylation is 1. The molecule has 0 aromatic heterocycles. The first-order chi connectivity index (χ1) is 8.20. The predicted octanol–water partition coefficient (Wildman–Crippen LogP) is 3.31. The lowest BCUT2D eigenvalue weighted by molar-refractivity contribution is 0.346. The van der Waals surface area contributed by atoms with Gasteiger partial charge in [0.05, 0.1) is 5.54 Å². The Bertz CT molecular complexity index is 375. The minimum Gasteiger partial charge on any atom is -0.378 e. The van der Waals surface area contributed by atoms with Crippen LogP contribution in [0.5, 0.6) is 0 Å². The first-order valence-corrected chi connectivity index (χ1v) is 6.75. The second-order valence-electron chi connectivity index (χ2n) is 5.35. The Kier molecular flexibility index (Phi) is 3.72. The van der Waals surface area contributed by atoms with Crippen molar-refractivity contribution in [2.24, 2.45) is 11.7 Å². The standard InChI is InChI=1S/C15H24N2/c1-3-13-7-5-9-15(13,11-16)17-14-8-4-6-12(2)10-14/h4,6,8,10,13,17H,3,5,7,9,11,16H2,1-2H3. The molecule has 3 N–H and O–H groups in total. The molecule has 94 valence electrons. The van der Waals surface area contributed by atoms with Crippen molar-refractivity contribution in [1.82, 2.24) is 0 Å². The molecular weight excluding hydrogens is 208 g/mol. The summed E-state index contributed by atoms with van der Waals surface area (Å²) in [5.74, 6) is 0.716. The van der Waals surface area contributed by atoms with Gasteiger partial charge < -0.3 is 11.1 Å². The SMILES string of the molecule is CCC1CCCC1(CN)Nc1cccc(C)c1. The van der Waals surface area contributed by atoms with Crippen molar-refractivity contribution in [2.75, 3.05) is 11.9 Å². The van der Waals surface area contributed by atoms with Crippen LogP contribution in [0.3, 0.4) is 0 Å². The highest BCUT2D eigenvalue weighted by Gasteiger charge is 2.40. The summed E-state index contributed by atoms with van der Waals surface area (Å²) < 4.78 is 0. The molecule has 0 aliphatic heterocycles. The largest absolute Gasteiger partial charge is 0.378 e. The van der Waals surface area contributed by atoms with Gasteiger partial charge in [0.25, 0.3) is 0 Å². The fourth-order valence-corrected chi connectivity index (χ4v) is 3.23. The van der Waals surface area contributed by atoms with Gasteiger partial charge in [-0.15, -0.1) is 0 Å². The molecule has 2 nitrogen and oxygen atoms in total. The number of hydrogen-bond acceptors (Lipinski definition) is 2. The average molecular weight is 232 g/mol. The molecule has 2 heteroatoms. The van der Waals surface area contributed by atoms with Crippen LogP contribution < -0.4 is 11.1 Å². The van der Waals surface area contributed by atoms with Gasteiger partial charge in [0.2, 0.25) is 0 Å². The maximum Gasteiger partial charge on any atom is 0.0523 e. The molecule has 0 heterocycles. The quantitative estimate of drug-likeness (QED) is 0.835. The monoisotopic (exact) mass is 232 g/mol. The van der Waals surface area contributed by atoms with E-state index in [1.807, 2.05) is 0 Å². The summed E-state index contributed by atoms with van der Waals surface area (Å²) in [7, 11) is 0. The number of hydrogen-bond donors (Lipinski definition) is 2. The second kappa shape index (κ2) is 5.09. The molecule has 17 heavy (non-hydrogen) atoms. The molecule has 0 amide bonds.